The summed E-state index contributed by atoms with van der Waals surface area (Å²) in [5.74, 6) is -0.883. The summed E-state index contributed by atoms with van der Waals surface area (Å²) < 4.78 is 17.7. The molecular formula is C34H52N2O6. The topological polar surface area (TPSA) is 94.2 Å². The van der Waals surface area contributed by atoms with Crippen LogP contribution in [0.4, 0.5) is 0 Å². The molecule has 4 atom stereocenters. The first kappa shape index (κ1) is 33.8. The summed E-state index contributed by atoms with van der Waals surface area (Å²) in [6.45, 7) is 10.1. The summed E-state index contributed by atoms with van der Waals surface area (Å²) in [6.07, 6.45) is 8.44. The Labute approximate surface area is 252 Å². The van der Waals surface area contributed by atoms with Crippen LogP contribution in [0.3, 0.4) is 0 Å². The molecule has 0 unspecified atom stereocenters. The number of ether oxygens (including phenoxy) is 3. The highest BCUT2D eigenvalue weighted by molar-refractivity contribution is 5.92. The van der Waals surface area contributed by atoms with Crippen LogP contribution >= 0.6 is 0 Å². The zero-order chi connectivity index (χ0) is 30.5. The molecule has 1 N–H and O–H groups in total. The summed E-state index contributed by atoms with van der Waals surface area (Å²) in [5, 5.41) is 2.96. The smallest absolute Gasteiger partial charge is 0.320 e. The number of carbonyl (C=O) groups is 3. The molecule has 0 aromatic heterocycles. The van der Waals surface area contributed by atoms with E-state index in [0.717, 1.165) is 31.2 Å². The third-order valence-electron chi connectivity index (χ3n) is 8.50. The molecule has 0 radical (unpaired) electrons. The van der Waals surface area contributed by atoms with Crippen molar-refractivity contribution in [2.75, 3.05) is 26.8 Å². The second-order valence-electron chi connectivity index (χ2n) is 12.2. The van der Waals surface area contributed by atoms with Crippen molar-refractivity contribution >= 4 is 17.8 Å². The van der Waals surface area contributed by atoms with Crippen LogP contribution in [-0.2, 0) is 35.2 Å². The Morgan fingerprint density at radius 3 is 2.52 bits per heavy atom. The van der Waals surface area contributed by atoms with Gasteiger partial charge in [0, 0.05) is 31.1 Å². The predicted molar refractivity (Wildman–Crippen MR) is 163 cm³/mol. The van der Waals surface area contributed by atoms with Gasteiger partial charge in [-0.25, -0.2) is 0 Å². The number of carbonyl (C=O) groups excluding carboxylic acids is 3. The van der Waals surface area contributed by atoms with E-state index in [2.05, 4.69) is 26.1 Å². The maximum atomic E-state index is 14.0. The van der Waals surface area contributed by atoms with E-state index < -0.39 is 29.5 Å². The van der Waals surface area contributed by atoms with Gasteiger partial charge < -0.3 is 24.4 Å². The molecule has 1 fully saturated rings. The average Bonchev–Trinajstić information content (AvgIpc) is 2.97. The van der Waals surface area contributed by atoms with E-state index in [-0.39, 0.29) is 24.7 Å². The molecule has 2 aliphatic rings. The van der Waals surface area contributed by atoms with Gasteiger partial charge in [-0.2, -0.15) is 0 Å². The first-order chi connectivity index (χ1) is 20.2. The quantitative estimate of drug-likeness (QED) is 0.184. The van der Waals surface area contributed by atoms with Crippen LogP contribution in [0.15, 0.2) is 42.1 Å². The second-order valence-corrected chi connectivity index (χ2v) is 12.2. The Balaban J connectivity index is 1.85. The number of hydrogen-bond acceptors (Lipinski definition) is 6. The number of methoxy groups -OCH3 is 1. The molecule has 8 heteroatoms. The van der Waals surface area contributed by atoms with Crippen LogP contribution < -0.4 is 5.32 Å². The van der Waals surface area contributed by atoms with Crippen molar-refractivity contribution in [3.8, 4) is 0 Å². The predicted octanol–water partition coefficient (Wildman–Crippen LogP) is 5.80. The van der Waals surface area contributed by atoms with Crippen LogP contribution in [0.25, 0.3) is 0 Å². The number of fused-ring (bicyclic) bond motifs is 1. The first-order valence-electron chi connectivity index (χ1n) is 15.9. The fourth-order valence-electron chi connectivity index (χ4n) is 6.09. The van der Waals surface area contributed by atoms with Crippen molar-refractivity contribution in [3.63, 3.8) is 0 Å². The van der Waals surface area contributed by atoms with E-state index in [1.54, 1.807) is 4.90 Å². The first-order valence-corrected chi connectivity index (χ1v) is 15.9. The Hall–Kier alpha value is -2.71. The third kappa shape index (κ3) is 8.90. The number of rotatable bonds is 17. The van der Waals surface area contributed by atoms with Crippen molar-refractivity contribution in [1.29, 1.82) is 0 Å². The number of nitrogens with zero attached hydrogens (tertiary/aromatic N) is 1. The monoisotopic (exact) mass is 584 g/mol. The van der Waals surface area contributed by atoms with Crippen molar-refractivity contribution in [3.05, 3.63) is 47.7 Å². The van der Waals surface area contributed by atoms with Gasteiger partial charge in [0.2, 0.25) is 11.8 Å². The molecule has 0 bridgehead atoms. The van der Waals surface area contributed by atoms with Crippen molar-refractivity contribution in [2.45, 2.75) is 104 Å². The molecule has 0 spiro atoms. The van der Waals surface area contributed by atoms with Gasteiger partial charge >= 0.3 is 5.97 Å². The summed E-state index contributed by atoms with van der Waals surface area (Å²) in [7, 11) is 1.37. The van der Waals surface area contributed by atoms with Gasteiger partial charge in [-0.1, -0.05) is 83.2 Å². The molecule has 2 heterocycles. The van der Waals surface area contributed by atoms with Gasteiger partial charge in [0.05, 0.1) is 26.4 Å². The number of benzene rings is 1. The van der Waals surface area contributed by atoms with Crippen molar-refractivity contribution in [1.82, 2.24) is 10.2 Å². The summed E-state index contributed by atoms with van der Waals surface area (Å²) in [5.41, 5.74) is 0.519. The summed E-state index contributed by atoms with van der Waals surface area (Å²) in [6, 6.07) is 9.92. The maximum Gasteiger partial charge on any atom is 0.320 e. The van der Waals surface area contributed by atoms with E-state index in [0.29, 0.717) is 37.9 Å². The second kappa shape index (κ2) is 16.8. The fourth-order valence-corrected chi connectivity index (χ4v) is 6.09. The van der Waals surface area contributed by atoms with Crippen LogP contribution in [0.2, 0.25) is 0 Å². The lowest BCUT2D eigenvalue weighted by atomic mass is 9.66. The van der Waals surface area contributed by atoms with E-state index in [1.165, 1.54) is 26.4 Å². The van der Waals surface area contributed by atoms with Gasteiger partial charge in [-0.05, 0) is 43.7 Å². The molecule has 0 aliphatic carbocycles. The average molecular weight is 585 g/mol. The Bertz CT molecular complexity index is 1040. The number of esters is 1. The van der Waals surface area contributed by atoms with Gasteiger partial charge in [-0.3, -0.25) is 14.4 Å². The third-order valence-corrected chi connectivity index (χ3v) is 8.50. The summed E-state index contributed by atoms with van der Waals surface area (Å²) in [4.78, 5) is 42.3. The van der Waals surface area contributed by atoms with E-state index in [4.69, 9.17) is 14.2 Å². The zero-order valence-corrected chi connectivity index (χ0v) is 26.4. The fraction of sp³-hybridized carbons (Fsp3) is 0.676. The molecule has 2 amide bonds. The minimum atomic E-state index is -1.18. The lowest BCUT2D eigenvalue weighted by Crippen LogP contribution is -2.60. The van der Waals surface area contributed by atoms with Gasteiger partial charge in [0.25, 0.3) is 0 Å². The highest BCUT2D eigenvalue weighted by Crippen LogP contribution is 2.50. The van der Waals surface area contributed by atoms with Crippen molar-refractivity contribution in [2.24, 2.45) is 17.3 Å². The van der Waals surface area contributed by atoms with Crippen molar-refractivity contribution < 1.29 is 28.6 Å². The number of amides is 2. The number of hydrogen-bond donors (Lipinski definition) is 1. The standard InChI is InChI=1S/C34H52N2O6/c1-6-7-8-9-10-14-19-36-30-21-29(24-41-23-27-15-12-11-13-16-27)42-26(4)34(30,33(39)40-5)22-28(32(36)38)20-31(37)35-18-17-25(2)3/h11-13,15-16,21,25-26,28-29H,6-10,14,17-20,22-24H2,1-5H3,(H,35,37)/t26-,28+,29-,34+/m1/s1. The highest BCUT2D eigenvalue weighted by Gasteiger charge is 2.59. The molecule has 0 saturated carbocycles. The Kier molecular flexibility index (Phi) is 13.5. The van der Waals surface area contributed by atoms with Gasteiger partial charge in [-0.15, -0.1) is 0 Å². The molecule has 8 nitrogen and oxygen atoms in total. The van der Waals surface area contributed by atoms with E-state index in [9.17, 15) is 14.4 Å². The molecule has 1 saturated heterocycles. The van der Waals surface area contributed by atoms with Crippen LogP contribution in [0, 0.1) is 17.3 Å². The van der Waals surface area contributed by atoms with Crippen LogP contribution in [0.1, 0.15) is 91.0 Å². The van der Waals surface area contributed by atoms with Crippen LogP contribution in [-0.4, -0.2) is 61.7 Å². The zero-order valence-electron chi connectivity index (χ0n) is 26.4. The van der Waals surface area contributed by atoms with Gasteiger partial charge in [0.15, 0.2) is 0 Å². The molecule has 1 aromatic carbocycles. The molecular weight excluding hydrogens is 532 g/mol. The number of likely N-dealkylation sites (tertiary alicyclic amines) is 1. The van der Waals surface area contributed by atoms with Crippen LogP contribution in [0.5, 0.6) is 0 Å². The number of unbranched alkanes of at least 4 members (excludes halogenated alkanes) is 5. The van der Waals surface area contributed by atoms with Gasteiger partial charge in [0.1, 0.15) is 11.5 Å². The van der Waals surface area contributed by atoms with E-state index in [1.807, 2.05) is 43.3 Å². The largest absolute Gasteiger partial charge is 0.468 e. The van der Waals surface area contributed by atoms with E-state index >= 15 is 0 Å². The molecule has 3 rings (SSSR count). The Morgan fingerprint density at radius 2 is 1.83 bits per heavy atom. The molecule has 234 valence electrons. The molecule has 1 aromatic rings. The minimum absolute atomic E-state index is 0.0340. The minimum Gasteiger partial charge on any atom is -0.468 e. The SMILES string of the molecule is CCCCCCCCN1C(=O)[C@@H](CC(=O)NCCC(C)C)C[C@@]2(C(=O)OC)C1=C[C@H](COCc1ccccc1)O[C@@H]2C. The molecule has 2 aliphatic heterocycles. The lowest BCUT2D eigenvalue weighted by Gasteiger charge is -2.51. The maximum absolute atomic E-state index is 14.0. The molecule has 42 heavy (non-hydrogen) atoms. The highest BCUT2D eigenvalue weighted by atomic mass is 16.5. The lowest BCUT2D eigenvalue weighted by molar-refractivity contribution is -0.178. The summed E-state index contributed by atoms with van der Waals surface area (Å²) >= 11 is 0. The number of piperidine rings is 1. The normalized spacial score (nSPS) is 23.9. The Morgan fingerprint density at radius 1 is 1.12 bits per heavy atom. The number of nitrogens with one attached hydrogen (secondary N) is 1.